The highest BCUT2D eigenvalue weighted by atomic mass is 16.5. The Morgan fingerprint density at radius 3 is 1.81 bits per heavy atom. The number of methoxy groups -OCH3 is 2. The molecule has 0 fully saturated rings. The van der Waals surface area contributed by atoms with Crippen LogP contribution in [0.3, 0.4) is 0 Å². The van der Waals surface area contributed by atoms with Crippen molar-refractivity contribution in [1.82, 2.24) is 9.13 Å². The average molecular weight is 634 g/mol. The largest absolute Gasteiger partial charge is 0.497 e. The molecule has 0 spiro atoms. The summed E-state index contributed by atoms with van der Waals surface area (Å²) in [5.74, 6) is 0.744. The molecule has 47 heavy (non-hydrogen) atoms. The summed E-state index contributed by atoms with van der Waals surface area (Å²) in [6.07, 6.45) is 0.800. The van der Waals surface area contributed by atoms with Crippen LogP contribution < -0.4 is 20.7 Å². The van der Waals surface area contributed by atoms with Crippen LogP contribution in [0.15, 0.2) is 125 Å². The lowest BCUT2D eigenvalue weighted by molar-refractivity contribution is -0.0508. The first kappa shape index (κ1) is 33.1. The predicted molar refractivity (Wildman–Crippen MR) is 179 cm³/mol. The van der Waals surface area contributed by atoms with Gasteiger partial charge in [0.25, 0.3) is 11.5 Å². The Morgan fingerprint density at radius 1 is 0.766 bits per heavy atom. The van der Waals surface area contributed by atoms with Gasteiger partial charge in [-0.05, 0) is 66.9 Å². The zero-order valence-electron chi connectivity index (χ0n) is 26.6. The lowest BCUT2D eigenvalue weighted by atomic mass is 9.80. The molecule has 0 aliphatic heterocycles. The van der Waals surface area contributed by atoms with Gasteiger partial charge in [0.2, 0.25) is 0 Å². The second kappa shape index (κ2) is 14.9. The minimum Gasteiger partial charge on any atom is -0.497 e. The zero-order chi connectivity index (χ0) is 33.4. The van der Waals surface area contributed by atoms with E-state index in [1.807, 2.05) is 78.9 Å². The maximum absolute atomic E-state index is 13.2. The van der Waals surface area contributed by atoms with Crippen LogP contribution in [0.2, 0.25) is 0 Å². The highest BCUT2D eigenvalue weighted by molar-refractivity contribution is 5.95. The van der Waals surface area contributed by atoms with E-state index in [0.717, 1.165) is 16.7 Å². The van der Waals surface area contributed by atoms with Gasteiger partial charge in [-0.2, -0.15) is 4.57 Å². The fourth-order valence-corrected chi connectivity index (χ4v) is 5.44. The molecule has 0 N–H and O–H groups in total. The highest BCUT2D eigenvalue weighted by Crippen LogP contribution is 2.41. The zero-order valence-corrected chi connectivity index (χ0v) is 26.6. The first-order valence-corrected chi connectivity index (χ1v) is 15.1. The molecule has 5 rings (SSSR count). The number of carbonyl (C=O) groups excluding carboxylic acids is 1. The van der Waals surface area contributed by atoms with Gasteiger partial charge in [0.15, 0.2) is 0 Å². The third-order valence-electron chi connectivity index (χ3n) is 7.90. The van der Waals surface area contributed by atoms with Gasteiger partial charge in [-0.25, -0.2) is 4.79 Å². The van der Waals surface area contributed by atoms with Gasteiger partial charge < -0.3 is 18.9 Å². The van der Waals surface area contributed by atoms with Crippen molar-refractivity contribution in [2.75, 3.05) is 27.4 Å². The third kappa shape index (κ3) is 7.11. The second-order valence-electron chi connectivity index (χ2n) is 10.9. The number of hydrogen-bond acceptors (Lipinski definition) is 7. The van der Waals surface area contributed by atoms with Crippen molar-refractivity contribution in [3.05, 3.63) is 171 Å². The SMILES string of the molecule is [CH2][C@@H](COC(c1ccccc1)(c1ccc(OC)cc1)c1ccc(OC)cc1)OCCn1cc(C)c(=O)n(C(=O)c2ccccc2)c1=O. The van der Waals surface area contributed by atoms with E-state index >= 15 is 0 Å². The minimum atomic E-state index is -1.04. The Morgan fingerprint density at radius 2 is 1.28 bits per heavy atom. The quantitative estimate of drug-likeness (QED) is 0.163. The van der Waals surface area contributed by atoms with Crippen molar-refractivity contribution in [1.29, 1.82) is 0 Å². The van der Waals surface area contributed by atoms with Gasteiger partial charge in [-0.3, -0.25) is 14.2 Å². The Hall–Kier alpha value is -5.25. The standard InChI is InChI=1S/C38H37N2O7/c1-27-25-39(37(43)40(35(27)41)36(42)29-11-7-5-8-12-29)23-24-46-28(2)26-47-38(30-13-9-6-10-14-30,31-15-19-33(44-3)20-16-31)32-17-21-34(45-4)22-18-32/h5-22,25,28H,2,23-24,26H2,1,3-4H3/t28-/m0/s1. The van der Waals surface area contributed by atoms with E-state index in [1.165, 1.54) is 10.8 Å². The van der Waals surface area contributed by atoms with Crippen molar-refractivity contribution in [2.45, 2.75) is 25.2 Å². The Bertz CT molecular complexity index is 1850. The Labute approximate surface area is 273 Å². The van der Waals surface area contributed by atoms with Crippen LogP contribution in [0, 0.1) is 13.8 Å². The maximum Gasteiger partial charge on any atom is 0.338 e. The summed E-state index contributed by atoms with van der Waals surface area (Å²) in [6.45, 7) is 5.99. The monoisotopic (exact) mass is 633 g/mol. The van der Waals surface area contributed by atoms with Gasteiger partial charge in [0.1, 0.15) is 17.1 Å². The van der Waals surface area contributed by atoms with Crippen LogP contribution in [-0.4, -0.2) is 48.6 Å². The van der Waals surface area contributed by atoms with E-state index in [-0.39, 0.29) is 30.9 Å². The number of aryl methyl sites for hydroxylation is 1. The second-order valence-corrected chi connectivity index (χ2v) is 10.9. The van der Waals surface area contributed by atoms with Gasteiger partial charge in [-0.15, -0.1) is 0 Å². The molecule has 0 saturated heterocycles. The first-order chi connectivity index (χ1) is 22.8. The van der Waals surface area contributed by atoms with Crippen molar-refractivity contribution in [2.24, 2.45) is 0 Å². The summed E-state index contributed by atoms with van der Waals surface area (Å²) in [7, 11) is 3.24. The van der Waals surface area contributed by atoms with Crippen LogP contribution in [0.5, 0.6) is 11.5 Å². The molecule has 0 aliphatic rings. The van der Waals surface area contributed by atoms with E-state index in [1.54, 1.807) is 51.5 Å². The molecule has 0 amide bonds. The van der Waals surface area contributed by atoms with Crippen LogP contribution in [0.1, 0.15) is 32.6 Å². The first-order valence-electron chi connectivity index (χ1n) is 15.1. The number of nitrogens with zero attached hydrogens (tertiary/aromatic N) is 2. The molecule has 0 unspecified atom stereocenters. The molecule has 9 heteroatoms. The number of benzene rings is 4. The molecule has 1 atom stereocenters. The van der Waals surface area contributed by atoms with Crippen molar-refractivity contribution < 1.29 is 23.7 Å². The number of aromatic nitrogens is 2. The molecular weight excluding hydrogens is 596 g/mol. The minimum absolute atomic E-state index is 0.0814. The highest BCUT2D eigenvalue weighted by Gasteiger charge is 2.38. The van der Waals surface area contributed by atoms with Crippen LogP contribution in [-0.2, 0) is 21.6 Å². The van der Waals surface area contributed by atoms with E-state index in [4.69, 9.17) is 18.9 Å². The van der Waals surface area contributed by atoms with Gasteiger partial charge in [0, 0.05) is 17.3 Å². The predicted octanol–water partition coefficient (Wildman–Crippen LogP) is 5.25. The summed E-state index contributed by atoms with van der Waals surface area (Å²) >= 11 is 0. The van der Waals surface area contributed by atoms with Crippen LogP contribution in [0.4, 0.5) is 0 Å². The van der Waals surface area contributed by atoms with Gasteiger partial charge in [0.05, 0.1) is 40.1 Å². The molecule has 1 radical (unpaired) electrons. The van der Waals surface area contributed by atoms with Gasteiger partial charge >= 0.3 is 5.69 Å². The Kier molecular flexibility index (Phi) is 10.5. The lowest BCUT2D eigenvalue weighted by Crippen LogP contribution is -2.45. The lowest BCUT2D eigenvalue weighted by Gasteiger charge is -2.37. The molecule has 5 aromatic rings. The fraction of sp³-hybridized carbons (Fsp3) is 0.211. The smallest absolute Gasteiger partial charge is 0.338 e. The third-order valence-corrected chi connectivity index (χ3v) is 7.90. The van der Waals surface area contributed by atoms with Gasteiger partial charge in [-0.1, -0.05) is 72.8 Å². The van der Waals surface area contributed by atoms with E-state index < -0.39 is 28.9 Å². The van der Waals surface area contributed by atoms with E-state index in [2.05, 4.69) is 6.92 Å². The molecule has 1 heterocycles. The van der Waals surface area contributed by atoms with E-state index in [9.17, 15) is 14.4 Å². The molecule has 0 bridgehead atoms. The molecule has 1 aromatic heterocycles. The number of hydrogen-bond donors (Lipinski definition) is 0. The molecular formula is C38H37N2O7. The maximum atomic E-state index is 13.2. The molecule has 0 saturated carbocycles. The van der Waals surface area contributed by atoms with Crippen molar-refractivity contribution in [3.8, 4) is 11.5 Å². The summed E-state index contributed by atoms with van der Waals surface area (Å²) in [5, 5.41) is 0. The fourth-order valence-electron chi connectivity index (χ4n) is 5.44. The summed E-state index contributed by atoms with van der Waals surface area (Å²) in [4.78, 5) is 39.1. The van der Waals surface area contributed by atoms with E-state index in [0.29, 0.717) is 16.1 Å². The molecule has 9 nitrogen and oxygen atoms in total. The topological polar surface area (TPSA) is 98.0 Å². The summed E-state index contributed by atoms with van der Waals surface area (Å²) in [5.41, 5.74) is 0.704. The average Bonchev–Trinajstić information content (AvgIpc) is 3.12. The summed E-state index contributed by atoms with van der Waals surface area (Å²) in [6, 6.07) is 33.5. The number of rotatable bonds is 13. The number of ether oxygens (including phenoxy) is 4. The van der Waals surface area contributed by atoms with Crippen LogP contribution in [0.25, 0.3) is 0 Å². The molecule has 4 aromatic carbocycles. The molecule has 0 aliphatic carbocycles. The van der Waals surface area contributed by atoms with Crippen molar-refractivity contribution in [3.63, 3.8) is 0 Å². The van der Waals surface area contributed by atoms with Crippen molar-refractivity contribution >= 4 is 5.91 Å². The Balaban J connectivity index is 1.39. The van der Waals surface area contributed by atoms with Crippen LogP contribution >= 0.6 is 0 Å². The number of carbonyl (C=O) groups is 1. The normalized spacial score (nSPS) is 12.0. The molecule has 241 valence electrons. The summed E-state index contributed by atoms with van der Waals surface area (Å²) < 4.78 is 25.7.